The van der Waals surface area contributed by atoms with Gasteiger partial charge in [0.1, 0.15) is 0 Å². The van der Waals surface area contributed by atoms with Crippen LogP contribution in [0.1, 0.15) is 41.9 Å². The molecule has 1 aliphatic heterocycles. The van der Waals surface area contributed by atoms with Gasteiger partial charge in [-0.1, -0.05) is 65.7 Å². The maximum absolute atomic E-state index is 6.34. The summed E-state index contributed by atoms with van der Waals surface area (Å²) in [5.74, 6) is 1.28. The molecule has 5 heteroatoms. The van der Waals surface area contributed by atoms with Gasteiger partial charge in [0.25, 0.3) is 0 Å². The molecule has 1 aromatic heterocycles. The zero-order valence-corrected chi connectivity index (χ0v) is 18.6. The average Bonchev–Trinajstić information content (AvgIpc) is 2.76. The van der Waals surface area contributed by atoms with E-state index in [4.69, 9.17) is 27.9 Å². The quantitative estimate of drug-likeness (QED) is 0.433. The highest BCUT2D eigenvalue weighted by atomic mass is 35.5. The molecular formula is C25H26Cl2N2O. The topological polar surface area (TPSA) is 25.4 Å². The first-order valence-electron chi connectivity index (χ1n) is 10.4. The van der Waals surface area contributed by atoms with Crippen LogP contribution in [0.2, 0.25) is 10.0 Å². The van der Waals surface area contributed by atoms with E-state index in [1.807, 2.05) is 25.1 Å². The van der Waals surface area contributed by atoms with Crippen LogP contribution < -0.4 is 4.74 Å². The van der Waals surface area contributed by atoms with E-state index in [9.17, 15) is 0 Å². The van der Waals surface area contributed by atoms with Crippen molar-refractivity contribution in [1.29, 1.82) is 0 Å². The largest absolute Gasteiger partial charge is 0.478 e. The minimum Gasteiger partial charge on any atom is -0.478 e. The molecule has 2 unspecified atom stereocenters. The van der Waals surface area contributed by atoms with Crippen molar-refractivity contribution in [2.75, 3.05) is 19.7 Å². The molecule has 1 aliphatic rings. The number of piperidine rings is 1. The normalized spacial score (nSPS) is 19.6. The van der Waals surface area contributed by atoms with Crippen LogP contribution in [-0.4, -0.2) is 29.6 Å². The zero-order chi connectivity index (χ0) is 20.9. The lowest BCUT2D eigenvalue weighted by atomic mass is 9.77. The van der Waals surface area contributed by atoms with Crippen molar-refractivity contribution in [3.63, 3.8) is 0 Å². The molecule has 30 heavy (non-hydrogen) atoms. The van der Waals surface area contributed by atoms with Crippen molar-refractivity contribution in [1.82, 2.24) is 9.88 Å². The molecule has 2 heterocycles. The van der Waals surface area contributed by atoms with Crippen LogP contribution in [0.4, 0.5) is 0 Å². The molecule has 4 rings (SSSR count). The Morgan fingerprint density at radius 1 is 1.00 bits per heavy atom. The summed E-state index contributed by atoms with van der Waals surface area (Å²) in [4.78, 5) is 7.01. The highest BCUT2D eigenvalue weighted by molar-refractivity contribution is 6.30. The van der Waals surface area contributed by atoms with E-state index in [2.05, 4.69) is 52.3 Å². The number of ether oxygens (including phenoxy) is 1. The third-order valence-electron chi connectivity index (χ3n) is 5.77. The molecule has 0 aliphatic carbocycles. The Bertz CT molecular complexity index is 963. The molecule has 3 nitrogen and oxygen atoms in total. The van der Waals surface area contributed by atoms with Gasteiger partial charge in [-0.3, -0.25) is 4.90 Å². The Morgan fingerprint density at radius 2 is 1.77 bits per heavy atom. The summed E-state index contributed by atoms with van der Waals surface area (Å²) in [5.41, 5.74) is 3.72. The van der Waals surface area contributed by atoms with Crippen LogP contribution in [0.5, 0.6) is 5.88 Å². The Hall–Kier alpha value is -2.07. The second-order valence-electron chi connectivity index (χ2n) is 7.75. The Balaban J connectivity index is 1.66. The van der Waals surface area contributed by atoms with Crippen LogP contribution in [0.3, 0.4) is 0 Å². The van der Waals surface area contributed by atoms with Gasteiger partial charge in [0.2, 0.25) is 5.88 Å². The molecule has 3 aromatic rings. The van der Waals surface area contributed by atoms with Crippen molar-refractivity contribution in [3.8, 4) is 5.88 Å². The average molecular weight is 441 g/mol. The third-order valence-corrected chi connectivity index (χ3v) is 6.23. The standard InChI is InChI=1S/C25H26Cl2N2O/c1-2-30-25-23(14-21(27)15-28-25)22-12-13-29(16-18-6-4-3-5-7-18)17-24(22)19-8-10-20(26)11-9-19/h3-11,14-15,22,24H,2,12-13,16-17H2,1H3. The van der Waals surface area contributed by atoms with E-state index in [-0.39, 0.29) is 5.92 Å². The Morgan fingerprint density at radius 3 is 2.50 bits per heavy atom. The first-order chi connectivity index (χ1) is 14.6. The predicted molar refractivity (Wildman–Crippen MR) is 124 cm³/mol. The number of hydrogen-bond acceptors (Lipinski definition) is 3. The van der Waals surface area contributed by atoms with E-state index in [1.165, 1.54) is 11.1 Å². The summed E-state index contributed by atoms with van der Waals surface area (Å²) in [6.07, 6.45) is 2.68. The molecule has 156 valence electrons. The van der Waals surface area contributed by atoms with Crippen LogP contribution in [-0.2, 0) is 6.54 Å². The van der Waals surface area contributed by atoms with Crippen molar-refractivity contribution < 1.29 is 4.74 Å². The molecule has 0 N–H and O–H groups in total. The van der Waals surface area contributed by atoms with Gasteiger partial charge in [-0.25, -0.2) is 4.98 Å². The van der Waals surface area contributed by atoms with Crippen LogP contribution >= 0.6 is 23.2 Å². The van der Waals surface area contributed by atoms with Crippen molar-refractivity contribution >= 4 is 23.2 Å². The monoisotopic (exact) mass is 440 g/mol. The first kappa shape index (κ1) is 21.2. The number of pyridine rings is 1. The van der Waals surface area contributed by atoms with Gasteiger partial charge in [0.05, 0.1) is 11.6 Å². The van der Waals surface area contributed by atoms with E-state index in [0.29, 0.717) is 23.4 Å². The van der Waals surface area contributed by atoms with Crippen LogP contribution in [0.25, 0.3) is 0 Å². The minimum absolute atomic E-state index is 0.283. The number of aromatic nitrogens is 1. The van der Waals surface area contributed by atoms with Gasteiger partial charge < -0.3 is 4.74 Å². The summed E-state index contributed by atoms with van der Waals surface area (Å²) in [6, 6.07) is 20.9. The van der Waals surface area contributed by atoms with Crippen molar-refractivity contribution in [3.05, 3.63) is 93.6 Å². The first-order valence-corrected chi connectivity index (χ1v) is 11.2. The molecule has 1 saturated heterocycles. The highest BCUT2D eigenvalue weighted by Crippen LogP contribution is 2.43. The van der Waals surface area contributed by atoms with Gasteiger partial charge in [-0.2, -0.15) is 0 Å². The highest BCUT2D eigenvalue weighted by Gasteiger charge is 2.34. The fraction of sp³-hybridized carbons (Fsp3) is 0.320. The molecule has 2 atom stereocenters. The number of hydrogen-bond donors (Lipinski definition) is 0. The molecule has 0 spiro atoms. The lowest BCUT2D eigenvalue weighted by molar-refractivity contribution is 0.179. The summed E-state index contributed by atoms with van der Waals surface area (Å²) in [7, 11) is 0. The number of halogens is 2. The Labute approximate surface area is 188 Å². The zero-order valence-electron chi connectivity index (χ0n) is 17.1. The van der Waals surface area contributed by atoms with E-state index in [0.717, 1.165) is 36.6 Å². The summed E-state index contributed by atoms with van der Waals surface area (Å²) < 4.78 is 5.87. The molecule has 0 radical (unpaired) electrons. The van der Waals surface area contributed by atoms with E-state index in [1.54, 1.807) is 6.20 Å². The third kappa shape index (κ3) is 4.97. The second kappa shape index (κ2) is 9.82. The molecule has 0 amide bonds. The fourth-order valence-electron chi connectivity index (χ4n) is 4.39. The number of nitrogens with zero attached hydrogens (tertiary/aromatic N) is 2. The number of rotatable bonds is 6. The maximum Gasteiger partial charge on any atom is 0.216 e. The van der Waals surface area contributed by atoms with E-state index < -0.39 is 0 Å². The van der Waals surface area contributed by atoms with Crippen LogP contribution in [0, 0.1) is 0 Å². The summed E-state index contributed by atoms with van der Waals surface area (Å²) in [6.45, 7) is 5.49. The molecule has 0 saturated carbocycles. The lowest BCUT2D eigenvalue weighted by Crippen LogP contribution is -2.38. The molecular weight excluding hydrogens is 415 g/mol. The second-order valence-corrected chi connectivity index (χ2v) is 8.63. The fourth-order valence-corrected chi connectivity index (χ4v) is 4.68. The van der Waals surface area contributed by atoms with Crippen molar-refractivity contribution in [2.45, 2.75) is 31.7 Å². The van der Waals surface area contributed by atoms with E-state index >= 15 is 0 Å². The summed E-state index contributed by atoms with van der Waals surface area (Å²) in [5, 5.41) is 1.40. The smallest absolute Gasteiger partial charge is 0.216 e. The molecule has 1 fully saturated rings. The Kier molecular flexibility index (Phi) is 6.93. The minimum atomic E-state index is 0.283. The molecule has 2 aromatic carbocycles. The SMILES string of the molecule is CCOc1ncc(Cl)cc1C1CCN(Cc2ccccc2)CC1c1ccc(Cl)cc1. The van der Waals surface area contributed by atoms with Gasteiger partial charge >= 0.3 is 0 Å². The van der Waals surface area contributed by atoms with Crippen LogP contribution in [0.15, 0.2) is 66.9 Å². The number of likely N-dealkylation sites (tertiary alicyclic amines) is 1. The van der Waals surface area contributed by atoms with Gasteiger partial charge in [0, 0.05) is 35.8 Å². The molecule has 0 bridgehead atoms. The maximum atomic E-state index is 6.34. The van der Waals surface area contributed by atoms with Gasteiger partial charge in [0.15, 0.2) is 0 Å². The number of benzene rings is 2. The van der Waals surface area contributed by atoms with Crippen molar-refractivity contribution in [2.24, 2.45) is 0 Å². The van der Waals surface area contributed by atoms with Gasteiger partial charge in [-0.05, 0) is 55.1 Å². The summed E-state index contributed by atoms with van der Waals surface area (Å²) >= 11 is 12.5. The lowest BCUT2D eigenvalue weighted by Gasteiger charge is -2.39. The van der Waals surface area contributed by atoms with Gasteiger partial charge in [-0.15, -0.1) is 0 Å². The predicted octanol–water partition coefficient (Wildman–Crippen LogP) is 6.56.